The van der Waals surface area contributed by atoms with Crippen LogP contribution in [0.25, 0.3) is 21.5 Å². The van der Waals surface area contributed by atoms with Gasteiger partial charge in [0.25, 0.3) is 5.91 Å². The van der Waals surface area contributed by atoms with Crippen molar-refractivity contribution in [2.75, 3.05) is 33.4 Å². The zero-order valence-corrected chi connectivity index (χ0v) is 31.5. The van der Waals surface area contributed by atoms with Gasteiger partial charge in [0, 0.05) is 43.2 Å². The second-order valence-electron chi connectivity index (χ2n) is 13.8. The zero-order valence-electron chi connectivity index (χ0n) is 31.5. The topological polar surface area (TPSA) is 79.9 Å². The first kappa shape index (κ1) is 38.1. The van der Waals surface area contributed by atoms with Crippen LogP contribution in [0.4, 0.5) is 0 Å². The van der Waals surface area contributed by atoms with Crippen LogP contribution in [0, 0.1) is 6.92 Å². The smallest absolute Gasteiger partial charge is 0.254 e. The molecule has 0 aliphatic heterocycles. The summed E-state index contributed by atoms with van der Waals surface area (Å²) >= 11 is 0. The molecule has 0 unspecified atom stereocenters. The average molecular weight is 722 g/mol. The summed E-state index contributed by atoms with van der Waals surface area (Å²) in [6.45, 7) is 5.76. The molecule has 0 fully saturated rings. The first-order valence-electron chi connectivity index (χ1n) is 19.0. The van der Waals surface area contributed by atoms with Crippen LogP contribution in [0.5, 0.6) is 11.5 Å². The molecule has 0 aromatic heterocycles. The highest BCUT2D eigenvalue weighted by molar-refractivity contribution is 6.02. The number of amides is 2. The molecule has 0 heterocycles. The highest BCUT2D eigenvalue weighted by Crippen LogP contribution is 2.30. The molecule has 2 N–H and O–H groups in total. The summed E-state index contributed by atoms with van der Waals surface area (Å²) in [5, 5.41) is 11.8. The van der Waals surface area contributed by atoms with Crippen LogP contribution in [-0.4, -0.2) is 50.1 Å². The van der Waals surface area contributed by atoms with E-state index in [0.29, 0.717) is 56.1 Å². The molecule has 54 heavy (non-hydrogen) atoms. The Morgan fingerprint density at radius 3 is 2.09 bits per heavy atom. The number of aryl methyl sites for hydroxylation is 2. The zero-order chi connectivity index (χ0) is 37.5. The van der Waals surface area contributed by atoms with E-state index in [2.05, 4.69) is 96.4 Å². The van der Waals surface area contributed by atoms with E-state index in [1.54, 1.807) is 7.11 Å². The van der Waals surface area contributed by atoms with Crippen LogP contribution in [-0.2, 0) is 24.3 Å². The van der Waals surface area contributed by atoms with E-state index in [9.17, 15) is 9.59 Å². The molecule has 0 aliphatic carbocycles. The van der Waals surface area contributed by atoms with Gasteiger partial charge in [-0.05, 0) is 109 Å². The van der Waals surface area contributed by atoms with Crippen molar-refractivity contribution >= 4 is 33.4 Å². The predicted octanol–water partition coefficient (Wildman–Crippen LogP) is 9.04. The fourth-order valence-corrected chi connectivity index (χ4v) is 6.87. The van der Waals surface area contributed by atoms with E-state index in [0.717, 1.165) is 43.5 Å². The van der Waals surface area contributed by atoms with Crippen LogP contribution >= 0.6 is 0 Å². The van der Waals surface area contributed by atoms with Gasteiger partial charge in [-0.1, -0.05) is 96.6 Å². The van der Waals surface area contributed by atoms with Crippen molar-refractivity contribution in [3.63, 3.8) is 0 Å². The van der Waals surface area contributed by atoms with Crippen LogP contribution in [0.15, 0.2) is 127 Å². The fourth-order valence-electron chi connectivity index (χ4n) is 6.87. The number of hydrogen-bond donors (Lipinski definition) is 2. The highest BCUT2D eigenvalue weighted by Gasteiger charge is 2.19. The predicted molar refractivity (Wildman–Crippen MR) is 219 cm³/mol. The number of rotatable bonds is 19. The molecule has 0 spiro atoms. The first-order chi connectivity index (χ1) is 26.5. The van der Waals surface area contributed by atoms with E-state index in [1.807, 2.05) is 53.4 Å². The number of ether oxygens (including phenoxy) is 2. The second kappa shape index (κ2) is 19.4. The van der Waals surface area contributed by atoms with Gasteiger partial charge in [0.05, 0.1) is 13.7 Å². The summed E-state index contributed by atoms with van der Waals surface area (Å²) in [4.78, 5) is 27.9. The van der Waals surface area contributed by atoms with Gasteiger partial charge in [-0.25, -0.2) is 0 Å². The highest BCUT2D eigenvalue weighted by atomic mass is 16.5. The number of fused-ring (bicyclic) bond motifs is 2. The van der Waals surface area contributed by atoms with Gasteiger partial charge in [0.1, 0.15) is 11.5 Å². The number of nitrogens with one attached hydrogen (secondary N) is 2. The van der Waals surface area contributed by atoms with Crippen molar-refractivity contribution in [2.24, 2.45) is 0 Å². The molecule has 6 aromatic rings. The summed E-state index contributed by atoms with van der Waals surface area (Å²) < 4.78 is 11.7. The summed E-state index contributed by atoms with van der Waals surface area (Å²) in [5.74, 6) is 1.30. The van der Waals surface area contributed by atoms with Gasteiger partial charge in [0.15, 0.2) is 0 Å². The summed E-state index contributed by atoms with van der Waals surface area (Å²) in [7, 11) is 1.62. The number of benzene rings is 6. The minimum absolute atomic E-state index is 0.0334. The standard InChI is InChI=1S/C47H51N3O4/c1-35-21-23-36(24-22-35)33-50(47(52)37-13-4-3-5-14-37)34-40-25-26-41(32-45(40)53-2)54-30-11-20-46(51)49-29-12-28-48-27-10-19-44-42-17-8-6-15-38(42)31-39-16-7-9-18-43(39)44/h3-9,13-18,21-26,31-32,48H,10-12,19-20,27-30,33-34H2,1-2H3,(H,49,51). The number of carbonyl (C=O) groups is 2. The Labute approximate surface area is 319 Å². The van der Waals surface area contributed by atoms with Crippen molar-refractivity contribution < 1.29 is 19.1 Å². The van der Waals surface area contributed by atoms with Gasteiger partial charge in [0.2, 0.25) is 5.91 Å². The Balaban J connectivity index is 0.894. The van der Waals surface area contributed by atoms with Crippen molar-refractivity contribution in [3.05, 3.63) is 155 Å². The quantitative estimate of drug-likeness (QED) is 0.0645. The third-order valence-corrected chi connectivity index (χ3v) is 9.75. The third kappa shape index (κ3) is 10.5. The Kier molecular flexibility index (Phi) is 13.7. The van der Waals surface area contributed by atoms with Crippen LogP contribution < -0.4 is 20.1 Å². The molecule has 7 heteroatoms. The molecule has 0 saturated heterocycles. The lowest BCUT2D eigenvalue weighted by Gasteiger charge is -2.24. The van der Waals surface area contributed by atoms with Gasteiger partial charge < -0.3 is 25.0 Å². The van der Waals surface area contributed by atoms with Gasteiger partial charge in [-0.2, -0.15) is 0 Å². The Bertz CT molecular complexity index is 2080. The van der Waals surface area contributed by atoms with E-state index < -0.39 is 0 Å². The van der Waals surface area contributed by atoms with Crippen molar-refractivity contribution in [1.82, 2.24) is 15.5 Å². The van der Waals surface area contributed by atoms with Crippen LogP contribution in [0.1, 0.15) is 58.3 Å². The summed E-state index contributed by atoms with van der Waals surface area (Å²) in [6, 6.07) is 42.9. The largest absolute Gasteiger partial charge is 0.496 e. The van der Waals surface area contributed by atoms with E-state index in [-0.39, 0.29) is 11.8 Å². The molecule has 0 atom stereocenters. The second-order valence-corrected chi connectivity index (χ2v) is 13.8. The molecule has 7 nitrogen and oxygen atoms in total. The van der Waals surface area contributed by atoms with Gasteiger partial charge in [-0.3, -0.25) is 9.59 Å². The molecule has 0 saturated carbocycles. The van der Waals surface area contributed by atoms with Crippen molar-refractivity contribution in [1.29, 1.82) is 0 Å². The summed E-state index contributed by atoms with van der Waals surface area (Å²) in [6.07, 6.45) is 3.96. The summed E-state index contributed by atoms with van der Waals surface area (Å²) in [5.41, 5.74) is 5.18. The maximum Gasteiger partial charge on any atom is 0.254 e. The lowest BCUT2D eigenvalue weighted by atomic mass is 9.94. The monoisotopic (exact) mass is 721 g/mol. The molecular formula is C47H51N3O4. The third-order valence-electron chi connectivity index (χ3n) is 9.75. The molecule has 0 aliphatic rings. The molecule has 2 amide bonds. The first-order valence-corrected chi connectivity index (χ1v) is 19.0. The minimum atomic E-state index is -0.0465. The Morgan fingerprint density at radius 1 is 0.685 bits per heavy atom. The number of nitrogens with zero attached hydrogens (tertiary/aromatic N) is 1. The van der Waals surface area contributed by atoms with Crippen LogP contribution in [0.2, 0.25) is 0 Å². The maximum absolute atomic E-state index is 13.6. The lowest BCUT2D eigenvalue weighted by Crippen LogP contribution is -2.30. The fraction of sp³-hybridized carbons (Fsp3) is 0.277. The lowest BCUT2D eigenvalue weighted by molar-refractivity contribution is -0.121. The maximum atomic E-state index is 13.6. The average Bonchev–Trinajstić information content (AvgIpc) is 3.21. The molecule has 0 radical (unpaired) electrons. The Morgan fingerprint density at radius 2 is 1.37 bits per heavy atom. The van der Waals surface area contributed by atoms with Crippen molar-refractivity contribution in [2.45, 2.75) is 52.1 Å². The molecule has 278 valence electrons. The molecule has 0 bridgehead atoms. The number of methoxy groups -OCH3 is 1. The van der Waals surface area contributed by atoms with E-state index >= 15 is 0 Å². The Hall–Kier alpha value is -5.66. The van der Waals surface area contributed by atoms with E-state index in [1.165, 1.54) is 32.7 Å². The SMILES string of the molecule is COc1cc(OCCCC(=O)NCCCNCCCc2c3ccccc3cc3ccccc23)ccc1CN(Cc1ccc(C)cc1)C(=O)c1ccccc1. The van der Waals surface area contributed by atoms with Crippen LogP contribution in [0.3, 0.4) is 0 Å². The van der Waals surface area contributed by atoms with Gasteiger partial charge in [-0.15, -0.1) is 0 Å². The van der Waals surface area contributed by atoms with Crippen molar-refractivity contribution in [3.8, 4) is 11.5 Å². The molecule has 6 aromatic carbocycles. The van der Waals surface area contributed by atoms with E-state index in [4.69, 9.17) is 9.47 Å². The normalized spacial score (nSPS) is 11.1. The number of hydrogen-bond acceptors (Lipinski definition) is 5. The minimum Gasteiger partial charge on any atom is -0.496 e. The number of carbonyl (C=O) groups excluding carboxylic acids is 2. The molecular weight excluding hydrogens is 671 g/mol. The van der Waals surface area contributed by atoms with Gasteiger partial charge >= 0.3 is 0 Å². The molecule has 6 rings (SSSR count).